The summed E-state index contributed by atoms with van der Waals surface area (Å²) in [6.07, 6.45) is 0. The smallest absolute Gasteiger partial charge is 0.665 e. The van der Waals surface area contributed by atoms with Gasteiger partial charge in [-0.05, 0) is 0 Å². The Morgan fingerprint density at radius 2 is 0.706 bits per heavy atom. The van der Waals surface area contributed by atoms with Crippen LogP contribution in [0.15, 0.2) is 0 Å². The first kappa shape index (κ1) is 30.7. The molecule has 2 nitrogen and oxygen atoms in total. The molecule has 0 fully saturated rings. The van der Waals surface area contributed by atoms with Crippen LogP contribution in [0, 0.1) is 11.8 Å². The quantitative estimate of drug-likeness (QED) is 0.621. The molecule has 0 amide bonds. The summed E-state index contributed by atoms with van der Waals surface area (Å²) in [4.78, 5) is 0. The Balaban J connectivity index is -0.0000000369. The second-order valence-corrected chi connectivity index (χ2v) is 4.26. The van der Waals surface area contributed by atoms with Crippen molar-refractivity contribution in [2.24, 2.45) is 0 Å². The predicted octanol–water partition coefficient (Wildman–Crippen LogP) is 5.26. The molecule has 0 heterocycles. The minimum Gasteiger partial charge on any atom is -0.665 e. The molecule has 3 heteroatoms. The van der Waals surface area contributed by atoms with Crippen molar-refractivity contribution in [3.05, 3.63) is 22.5 Å². The van der Waals surface area contributed by atoms with Gasteiger partial charge in [-0.1, -0.05) is 13.8 Å². The Labute approximate surface area is 131 Å². The Hall–Kier alpha value is 0.803. The van der Waals surface area contributed by atoms with Crippen LogP contribution in [0.2, 0.25) is 0 Å². The molecule has 0 radical (unpaired) electrons. The van der Waals surface area contributed by atoms with E-state index < -0.39 is 0 Å². The summed E-state index contributed by atoms with van der Waals surface area (Å²) in [5.74, 6) is 2.83. The van der Waals surface area contributed by atoms with E-state index in [2.05, 4.69) is 52.2 Å². The fraction of sp³-hybridized carbons (Fsp3) is 0.857. The van der Waals surface area contributed by atoms with Crippen LogP contribution in [-0.4, -0.2) is 27.2 Å². The molecule has 0 spiro atoms. The van der Waals surface area contributed by atoms with E-state index in [1.54, 1.807) is 14.1 Å². The fourth-order valence-corrected chi connectivity index (χ4v) is 0. The van der Waals surface area contributed by atoms with Gasteiger partial charge < -0.3 is 22.5 Å². The zero-order valence-electron chi connectivity index (χ0n) is 13.8. The summed E-state index contributed by atoms with van der Waals surface area (Å²) < 4.78 is 0. The average Bonchev–Trinajstić information content (AvgIpc) is 2.16. The standard InChI is InChI=1S/2C4H9.2C3H8N.Zr/c2*1-4(2)3;2*1-3-4-2;/h2*1-3H3;2*3H2,1-2H3;/q4*-1;+4. The van der Waals surface area contributed by atoms with Crippen LogP contribution in [-0.2, 0) is 26.2 Å². The average molecular weight is 322 g/mol. The Morgan fingerprint density at radius 3 is 0.706 bits per heavy atom. The third-order valence-corrected chi connectivity index (χ3v) is 0.632. The summed E-state index contributed by atoms with van der Waals surface area (Å²) in [5.41, 5.74) is 0. The minimum atomic E-state index is 0. The second-order valence-electron chi connectivity index (χ2n) is 4.26. The van der Waals surface area contributed by atoms with Gasteiger partial charge in [-0.3, -0.25) is 0 Å². The second kappa shape index (κ2) is 36.0. The molecule has 0 saturated heterocycles. The summed E-state index contributed by atoms with van der Waals surface area (Å²) >= 11 is 0. The molecule has 0 rings (SSSR count). The van der Waals surface area contributed by atoms with E-state index in [-0.39, 0.29) is 26.2 Å². The van der Waals surface area contributed by atoms with Crippen LogP contribution < -0.4 is 0 Å². The van der Waals surface area contributed by atoms with Gasteiger partial charge in [-0.15, -0.1) is 0 Å². The molecule has 0 aliphatic rings. The van der Waals surface area contributed by atoms with Crippen molar-refractivity contribution < 1.29 is 26.2 Å². The van der Waals surface area contributed by atoms with Gasteiger partial charge in [0.2, 0.25) is 0 Å². The maximum absolute atomic E-state index is 3.74. The molecule has 0 atom stereocenters. The van der Waals surface area contributed by atoms with Gasteiger partial charge in [0.1, 0.15) is 0 Å². The third kappa shape index (κ3) is 469. The molecule has 0 saturated carbocycles. The molecule has 17 heavy (non-hydrogen) atoms. The Bertz CT molecular complexity index is 57.1. The molecule has 0 unspecified atom stereocenters. The molecule has 0 aromatic heterocycles. The molecule has 0 aliphatic heterocycles. The van der Waals surface area contributed by atoms with Gasteiger partial charge in [-0.25, -0.2) is 0 Å². The largest absolute Gasteiger partial charge is 4.00 e. The first-order chi connectivity index (χ1) is 7.29. The maximum atomic E-state index is 3.74. The predicted molar refractivity (Wildman–Crippen MR) is 80.2 cm³/mol. The van der Waals surface area contributed by atoms with Gasteiger partial charge in [0, 0.05) is 0 Å². The van der Waals surface area contributed by atoms with Crippen LogP contribution in [0.4, 0.5) is 0 Å². The summed E-state index contributed by atoms with van der Waals surface area (Å²) in [6.45, 7) is 18.4. The molecule has 0 N–H and O–H groups in total. The SMILES string of the molecule is CC[N-]C.CC[N-]C.C[C-](C)C.C[C-](C)C.[Zr+4]. The van der Waals surface area contributed by atoms with Crippen molar-refractivity contribution in [3.8, 4) is 0 Å². The molecule has 0 bridgehead atoms. The van der Waals surface area contributed by atoms with E-state index >= 15 is 0 Å². The first-order valence-corrected chi connectivity index (χ1v) is 5.94. The van der Waals surface area contributed by atoms with Crippen LogP contribution >= 0.6 is 0 Å². The molecule has 0 aliphatic carbocycles. The van der Waals surface area contributed by atoms with Crippen LogP contribution in [0.3, 0.4) is 0 Å². The monoisotopic (exact) mass is 320 g/mol. The normalized spacial score (nSPS) is 7.76. The number of hydrogen-bond donors (Lipinski definition) is 0. The number of nitrogens with zero attached hydrogens (tertiary/aromatic N) is 2. The molecule has 0 aromatic carbocycles. The third-order valence-electron chi connectivity index (χ3n) is 0.632. The summed E-state index contributed by atoms with van der Waals surface area (Å²) in [5, 5.41) is 7.47. The van der Waals surface area contributed by atoms with E-state index in [9.17, 15) is 0 Å². The van der Waals surface area contributed by atoms with E-state index in [1.807, 2.05) is 13.8 Å². The zero-order valence-corrected chi connectivity index (χ0v) is 16.3. The first-order valence-electron chi connectivity index (χ1n) is 5.94. The van der Waals surface area contributed by atoms with E-state index in [0.29, 0.717) is 0 Å². The van der Waals surface area contributed by atoms with Crippen molar-refractivity contribution in [2.45, 2.75) is 55.4 Å². The van der Waals surface area contributed by atoms with Gasteiger partial charge in [-0.2, -0.15) is 68.7 Å². The topological polar surface area (TPSA) is 28.2 Å². The summed E-state index contributed by atoms with van der Waals surface area (Å²) in [6, 6.07) is 0. The maximum Gasteiger partial charge on any atom is 4.00 e. The van der Waals surface area contributed by atoms with Crippen molar-refractivity contribution >= 4 is 0 Å². The number of hydrogen-bond acceptors (Lipinski definition) is 0. The minimum absolute atomic E-state index is 0. The number of rotatable bonds is 2. The Kier molecular flexibility index (Phi) is 64.9. The van der Waals surface area contributed by atoms with Gasteiger partial charge in [0.25, 0.3) is 0 Å². The molecule has 0 aromatic rings. The van der Waals surface area contributed by atoms with Crippen LogP contribution in [0.1, 0.15) is 55.4 Å². The summed E-state index contributed by atoms with van der Waals surface area (Å²) in [7, 11) is 3.61. The van der Waals surface area contributed by atoms with Crippen molar-refractivity contribution in [2.75, 3.05) is 27.2 Å². The van der Waals surface area contributed by atoms with Gasteiger partial charge in [0.05, 0.1) is 0 Å². The van der Waals surface area contributed by atoms with Crippen molar-refractivity contribution in [1.29, 1.82) is 0 Å². The zero-order chi connectivity index (χ0) is 14.0. The van der Waals surface area contributed by atoms with E-state index in [4.69, 9.17) is 0 Å². The fourth-order valence-electron chi connectivity index (χ4n) is 0. The molecular formula is C14H34N2Zr. The van der Waals surface area contributed by atoms with Crippen LogP contribution in [0.5, 0.6) is 0 Å². The van der Waals surface area contributed by atoms with Crippen molar-refractivity contribution in [1.82, 2.24) is 0 Å². The molecule has 104 valence electrons. The van der Waals surface area contributed by atoms with Gasteiger partial charge in [0.15, 0.2) is 0 Å². The van der Waals surface area contributed by atoms with Crippen LogP contribution in [0.25, 0.3) is 10.6 Å². The van der Waals surface area contributed by atoms with Crippen molar-refractivity contribution in [3.63, 3.8) is 0 Å². The Morgan fingerprint density at radius 1 is 0.647 bits per heavy atom. The van der Waals surface area contributed by atoms with E-state index in [0.717, 1.165) is 13.1 Å². The molecular weight excluding hydrogens is 287 g/mol. The van der Waals surface area contributed by atoms with Gasteiger partial charge >= 0.3 is 26.2 Å². The van der Waals surface area contributed by atoms with E-state index in [1.165, 1.54) is 11.8 Å².